The molecule has 0 aliphatic carbocycles. The minimum Gasteiger partial charge on any atom is -0.326 e. The molecule has 178 valence electrons. The molecular weight excluding hydrogens is 472 g/mol. The largest absolute Gasteiger partial charge is 0.326 e. The maximum Gasteiger partial charge on any atom is 0.255 e. The van der Waals surface area contributed by atoms with E-state index in [0.29, 0.717) is 11.4 Å². The summed E-state index contributed by atoms with van der Waals surface area (Å²) in [5.41, 5.74) is 3.23. The number of aryl methyl sites for hydroxylation is 1. The van der Waals surface area contributed by atoms with Gasteiger partial charge in [0, 0.05) is 17.5 Å². The van der Waals surface area contributed by atoms with E-state index in [9.17, 15) is 18.0 Å². The van der Waals surface area contributed by atoms with Crippen molar-refractivity contribution in [3.8, 4) is 0 Å². The van der Waals surface area contributed by atoms with Crippen LogP contribution in [-0.4, -0.2) is 26.5 Å². The molecule has 0 fully saturated rings. The number of carbonyl (C=O) groups excluding carboxylic acids is 2. The molecule has 0 aliphatic heterocycles. The molecule has 0 atom stereocenters. The van der Waals surface area contributed by atoms with Gasteiger partial charge in [0.05, 0.1) is 22.0 Å². The molecule has 2 amide bonds. The zero-order chi connectivity index (χ0) is 24.7. The van der Waals surface area contributed by atoms with Crippen LogP contribution in [0.4, 0.5) is 11.4 Å². The molecule has 0 spiro atoms. The first-order valence-corrected chi connectivity index (χ1v) is 13.2. The number of carbonyl (C=O) groups is 2. The number of nitrogens with one attached hydrogen (secondary N) is 2. The van der Waals surface area contributed by atoms with E-state index in [2.05, 4.69) is 29.7 Å². The van der Waals surface area contributed by atoms with Crippen molar-refractivity contribution >= 4 is 44.6 Å². The fraction of sp³-hybridized carbons (Fsp3) is 0.231. The molecule has 6 nitrogen and oxygen atoms in total. The summed E-state index contributed by atoms with van der Waals surface area (Å²) in [6.45, 7) is 2.16. The van der Waals surface area contributed by atoms with Crippen LogP contribution in [0, 0.1) is 0 Å². The second-order valence-corrected chi connectivity index (χ2v) is 10.5. The average molecular weight is 499 g/mol. The lowest BCUT2D eigenvalue weighted by atomic mass is 10.0. The number of halogens is 1. The Morgan fingerprint density at radius 2 is 1.62 bits per heavy atom. The molecule has 0 aliphatic rings. The summed E-state index contributed by atoms with van der Waals surface area (Å²) in [6, 6.07) is 18.6. The van der Waals surface area contributed by atoms with Gasteiger partial charge in [-0.15, -0.1) is 0 Å². The fourth-order valence-corrected chi connectivity index (χ4v) is 4.25. The Balaban J connectivity index is 1.61. The van der Waals surface area contributed by atoms with Crippen molar-refractivity contribution in [1.82, 2.24) is 0 Å². The van der Waals surface area contributed by atoms with Crippen LogP contribution in [-0.2, 0) is 27.5 Å². The molecule has 0 unspecified atom stereocenters. The highest BCUT2D eigenvalue weighted by Crippen LogP contribution is 2.26. The van der Waals surface area contributed by atoms with Crippen LogP contribution in [0.1, 0.15) is 41.3 Å². The number of hydrogen-bond acceptors (Lipinski definition) is 4. The normalized spacial score (nSPS) is 11.1. The highest BCUT2D eigenvalue weighted by Gasteiger charge is 2.14. The molecule has 0 radical (unpaired) electrons. The van der Waals surface area contributed by atoms with Crippen LogP contribution in [0.15, 0.2) is 71.6 Å². The van der Waals surface area contributed by atoms with Gasteiger partial charge >= 0.3 is 0 Å². The van der Waals surface area contributed by atoms with Crippen LogP contribution < -0.4 is 10.6 Å². The number of anilines is 2. The zero-order valence-corrected chi connectivity index (χ0v) is 20.7. The second kappa shape index (κ2) is 11.3. The SMILES string of the molecule is CCCCc1ccc(CC(=O)Nc2ccc(NC(=O)c3cccc(S(C)(=O)=O)c3)c(Cl)c2)cc1. The van der Waals surface area contributed by atoms with Crippen LogP contribution in [0.3, 0.4) is 0 Å². The van der Waals surface area contributed by atoms with Crippen LogP contribution in [0.2, 0.25) is 5.02 Å². The van der Waals surface area contributed by atoms with Crippen molar-refractivity contribution in [2.75, 3.05) is 16.9 Å². The van der Waals surface area contributed by atoms with Crippen LogP contribution in [0.5, 0.6) is 0 Å². The lowest BCUT2D eigenvalue weighted by Crippen LogP contribution is -2.15. The Bertz CT molecular complexity index is 1290. The highest BCUT2D eigenvalue weighted by molar-refractivity contribution is 7.90. The van der Waals surface area contributed by atoms with Gasteiger partial charge in [-0.25, -0.2) is 8.42 Å². The van der Waals surface area contributed by atoms with E-state index >= 15 is 0 Å². The third-order valence-corrected chi connectivity index (χ3v) is 6.66. The Hall–Kier alpha value is -3.16. The van der Waals surface area contributed by atoms with E-state index in [-0.39, 0.29) is 27.8 Å². The van der Waals surface area contributed by atoms with Gasteiger partial charge in [0.25, 0.3) is 5.91 Å². The van der Waals surface area contributed by atoms with Crippen molar-refractivity contribution in [1.29, 1.82) is 0 Å². The molecule has 0 saturated carbocycles. The number of rotatable bonds is 9. The maximum atomic E-state index is 12.6. The number of unbranched alkanes of at least 4 members (excludes halogenated alkanes) is 1. The molecule has 34 heavy (non-hydrogen) atoms. The number of sulfone groups is 1. The third kappa shape index (κ3) is 7.17. The minimum atomic E-state index is -3.43. The Kier molecular flexibility index (Phi) is 8.47. The monoisotopic (exact) mass is 498 g/mol. The first-order chi connectivity index (χ1) is 16.2. The summed E-state index contributed by atoms with van der Waals surface area (Å²) in [5.74, 6) is -0.668. The summed E-state index contributed by atoms with van der Waals surface area (Å²) < 4.78 is 23.5. The Labute approximate surface area is 205 Å². The number of benzene rings is 3. The van der Waals surface area contributed by atoms with Gasteiger partial charge in [-0.3, -0.25) is 9.59 Å². The average Bonchev–Trinajstić information content (AvgIpc) is 2.80. The lowest BCUT2D eigenvalue weighted by Gasteiger charge is -2.11. The first-order valence-electron chi connectivity index (χ1n) is 10.9. The Morgan fingerprint density at radius 1 is 0.912 bits per heavy atom. The molecule has 0 bridgehead atoms. The van der Waals surface area contributed by atoms with E-state index in [1.165, 1.54) is 29.8 Å². The smallest absolute Gasteiger partial charge is 0.255 e. The molecular formula is C26H27ClN2O4S. The van der Waals surface area contributed by atoms with Gasteiger partial charge in [-0.2, -0.15) is 0 Å². The highest BCUT2D eigenvalue weighted by atomic mass is 35.5. The summed E-state index contributed by atoms with van der Waals surface area (Å²) in [6.07, 6.45) is 4.64. The van der Waals surface area contributed by atoms with Crippen molar-refractivity contribution in [3.63, 3.8) is 0 Å². The van der Waals surface area contributed by atoms with E-state index < -0.39 is 15.7 Å². The lowest BCUT2D eigenvalue weighted by molar-refractivity contribution is -0.115. The molecule has 8 heteroatoms. The van der Waals surface area contributed by atoms with Crippen molar-refractivity contribution < 1.29 is 18.0 Å². The summed E-state index contributed by atoms with van der Waals surface area (Å²) in [7, 11) is -3.43. The van der Waals surface area contributed by atoms with E-state index in [4.69, 9.17) is 11.6 Å². The Morgan fingerprint density at radius 3 is 2.26 bits per heavy atom. The van der Waals surface area contributed by atoms with E-state index in [1.54, 1.807) is 18.2 Å². The minimum absolute atomic E-state index is 0.0555. The van der Waals surface area contributed by atoms with Crippen molar-refractivity contribution in [2.24, 2.45) is 0 Å². The van der Waals surface area contributed by atoms with E-state index in [1.807, 2.05) is 12.1 Å². The standard InChI is InChI=1S/C26H27ClN2O4S/c1-3-4-6-18-9-11-19(12-10-18)15-25(30)28-21-13-14-24(23(27)17-21)29-26(31)20-7-5-8-22(16-20)34(2,32)33/h5,7-14,16-17H,3-4,6,15H2,1-2H3,(H,28,30)(H,29,31). The number of hydrogen-bond donors (Lipinski definition) is 2. The molecule has 0 aromatic heterocycles. The molecule has 2 N–H and O–H groups in total. The topological polar surface area (TPSA) is 92.3 Å². The number of amides is 2. The summed E-state index contributed by atoms with van der Waals surface area (Å²) >= 11 is 6.31. The van der Waals surface area contributed by atoms with Gasteiger partial charge in [0.2, 0.25) is 5.91 Å². The van der Waals surface area contributed by atoms with Gasteiger partial charge in [0.1, 0.15) is 0 Å². The molecule has 3 aromatic rings. The summed E-state index contributed by atoms with van der Waals surface area (Å²) in [5, 5.41) is 5.72. The maximum absolute atomic E-state index is 12.6. The quantitative estimate of drug-likeness (QED) is 0.406. The van der Waals surface area contributed by atoms with Gasteiger partial charge in [-0.1, -0.05) is 55.3 Å². The first kappa shape index (κ1) is 25.5. The van der Waals surface area contributed by atoms with Crippen LogP contribution >= 0.6 is 11.6 Å². The van der Waals surface area contributed by atoms with Crippen molar-refractivity contribution in [3.05, 3.63) is 88.4 Å². The zero-order valence-electron chi connectivity index (χ0n) is 19.1. The fourth-order valence-electron chi connectivity index (χ4n) is 3.35. The van der Waals surface area contributed by atoms with Crippen LogP contribution in [0.25, 0.3) is 0 Å². The molecule has 0 heterocycles. The third-order valence-electron chi connectivity index (χ3n) is 5.23. The van der Waals surface area contributed by atoms with Gasteiger partial charge < -0.3 is 10.6 Å². The predicted octanol–water partition coefficient (Wildman–Crippen LogP) is 5.52. The van der Waals surface area contributed by atoms with E-state index in [0.717, 1.165) is 31.1 Å². The van der Waals surface area contributed by atoms with Gasteiger partial charge in [0.15, 0.2) is 9.84 Å². The van der Waals surface area contributed by atoms with Gasteiger partial charge in [-0.05, 0) is 60.4 Å². The molecule has 3 aromatic carbocycles. The predicted molar refractivity (Wildman–Crippen MR) is 136 cm³/mol. The molecule has 0 saturated heterocycles. The molecule has 3 rings (SSSR count). The summed E-state index contributed by atoms with van der Waals surface area (Å²) in [4.78, 5) is 25.1. The van der Waals surface area contributed by atoms with Crippen molar-refractivity contribution in [2.45, 2.75) is 37.5 Å². The second-order valence-electron chi connectivity index (χ2n) is 8.09.